The highest BCUT2D eigenvalue weighted by atomic mass is 16.7. The molecule has 15 heavy (non-hydrogen) atoms. The highest BCUT2D eigenvalue weighted by Crippen LogP contribution is 2.17. The molecular weight excluding hydrogens is 196 g/mol. The van der Waals surface area contributed by atoms with E-state index in [0.29, 0.717) is 0 Å². The van der Waals surface area contributed by atoms with Crippen LogP contribution in [0.4, 0.5) is 0 Å². The van der Waals surface area contributed by atoms with Crippen molar-refractivity contribution in [1.29, 1.82) is 0 Å². The number of ether oxygens (including phenoxy) is 3. The largest absolute Gasteiger partial charge is 0.462 e. The number of hydrogen-bond acceptors (Lipinski definition) is 4. The third-order valence-electron chi connectivity index (χ3n) is 2.02. The topological polar surface area (TPSA) is 44.8 Å². The Morgan fingerprint density at radius 1 is 1.40 bits per heavy atom. The average molecular weight is 214 g/mol. The molecule has 1 heterocycles. The Kier molecular flexibility index (Phi) is 3.88. The Hall–Kier alpha value is -0.870. The van der Waals surface area contributed by atoms with Crippen molar-refractivity contribution in [3.8, 4) is 0 Å². The van der Waals surface area contributed by atoms with Gasteiger partial charge in [0.1, 0.15) is 12.7 Å². The third kappa shape index (κ3) is 3.64. The summed E-state index contributed by atoms with van der Waals surface area (Å²) in [6.07, 6.45) is 3.13. The Labute approximate surface area is 90.2 Å². The zero-order valence-corrected chi connectivity index (χ0v) is 9.65. The summed E-state index contributed by atoms with van der Waals surface area (Å²) in [5, 5.41) is 0. The molecule has 1 aliphatic heterocycles. The van der Waals surface area contributed by atoms with Crippen molar-refractivity contribution in [2.24, 2.45) is 5.41 Å². The summed E-state index contributed by atoms with van der Waals surface area (Å²) in [6, 6.07) is 0. The normalized spacial score (nSPS) is 25.6. The van der Waals surface area contributed by atoms with Crippen LogP contribution in [0.25, 0.3) is 0 Å². The molecule has 2 atom stereocenters. The van der Waals surface area contributed by atoms with Gasteiger partial charge in [-0.15, -0.1) is 0 Å². The quantitative estimate of drug-likeness (QED) is 0.527. The van der Waals surface area contributed by atoms with E-state index in [0.717, 1.165) is 0 Å². The van der Waals surface area contributed by atoms with E-state index in [4.69, 9.17) is 14.2 Å². The lowest BCUT2D eigenvalue weighted by molar-refractivity contribution is -0.161. The fraction of sp³-hybridized carbons (Fsp3) is 0.727. The number of methoxy groups -OCH3 is 1. The van der Waals surface area contributed by atoms with Gasteiger partial charge in [0.05, 0.1) is 5.41 Å². The Bertz CT molecular complexity index is 252. The van der Waals surface area contributed by atoms with Crippen LogP contribution in [0.15, 0.2) is 12.2 Å². The van der Waals surface area contributed by atoms with Gasteiger partial charge in [-0.05, 0) is 26.8 Å². The first-order valence-electron chi connectivity index (χ1n) is 4.97. The van der Waals surface area contributed by atoms with Gasteiger partial charge in [0.25, 0.3) is 0 Å². The van der Waals surface area contributed by atoms with Crippen LogP contribution < -0.4 is 0 Å². The first-order valence-corrected chi connectivity index (χ1v) is 4.97. The van der Waals surface area contributed by atoms with Crippen LogP contribution in [0.5, 0.6) is 0 Å². The SMILES string of the molecule is CO[C@@H]1C=C[C@@H](COC(=O)C(C)(C)C)O1. The molecule has 86 valence electrons. The van der Waals surface area contributed by atoms with E-state index in [1.54, 1.807) is 13.2 Å². The summed E-state index contributed by atoms with van der Waals surface area (Å²) < 4.78 is 15.4. The molecule has 0 aromatic heterocycles. The zero-order chi connectivity index (χ0) is 11.5. The Morgan fingerprint density at radius 2 is 2.07 bits per heavy atom. The minimum Gasteiger partial charge on any atom is -0.462 e. The fourth-order valence-corrected chi connectivity index (χ4v) is 1.08. The van der Waals surface area contributed by atoms with Crippen LogP contribution in [0.1, 0.15) is 20.8 Å². The van der Waals surface area contributed by atoms with Crippen LogP contribution in [0.3, 0.4) is 0 Å². The molecule has 4 nitrogen and oxygen atoms in total. The maximum atomic E-state index is 11.4. The van der Waals surface area contributed by atoms with Crippen LogP contribution in [-0.2, 0) is 19.0 Å². The van der Waals surface area contributed by atoms with Crippen molar-refractivity contribution >= 4 is 5.97 Å². The van der Waals surface area contributed by atoms with E-state index in [1.807, 2.05) is 26.8 Å². The van der Waals surface area contributed by atoms with Gasteiger partial charge in [-0.1, -0.05) is 6.08 Å². The summed E-state index contributed by atoms with van der Waals surface area (Å²) in [5.41, 5.74) is -0.469. The highest BCUT2D eigenvalue weighted by Gasteiger charge is 2.25. The molecule has 0 aliphatic carbocycles. The van der Waals surface area contributed by atoms with Crippen molar-refractivity contribution in [3.63, 3.8) is 0 Å². The molecule has 0 aromatic rings. The first-order chi connectivity index (χ1) is 6.93. The lowest BCUT2D eigenvalue weighted by Gasteiger charge is -2.18. The van der Waals surface area contributed by atoms with Crippen molar-refractivity contribution in [2.75, 3.05) is 13.7 Å². The van der Waals surface area contributed by atoms with Crippen molar-refractivity contribution in [3.05, 3.63) is 12.2 Å². The summed E-state index contributed by atoms with van der Waals surface area (Å²) in [7, 11) is 1.57. The van der Waals surface area contributed by atoms with E-state index in [9.17, 15) is 4.79 Å². The molecule has 1 rings (SSSR count). The highest BCUT2D eigenvalue weighted by molar-refractivity contribution is 5.75. The molecule has 4 heteroatoms. The maximum Gasteiger partial charge on any atom is 0.311 e. The molecule has 0 radical (unpaired) electrons. The van der Waals surface area contributed by atoms with Crippen LogP contribution in [-0.4, -0.2) is 32.1 Å². The number of hydrogen-bond donors (Lipinski definition) is 0. The second-order valence-corrected chi connectivity index (χ2v) is 4.51. The van der Waals surface area contributed by atoms with Gasteiger partial charge in [0, 0.05) is 7.11 Å². The van der Waals surface area contributed by atoms with E-state index < -0.39 is 5.41 Å². The monoisotopic (exact) mass is 214 g/mol. The molecule has 0 unspecified atom stereocenters. The van der Waals surface area contributed by atoms with Gasteiger partial charge in [-0.25, -0.2) is 0 Å². The average Bonchev–Trinajstić information content (AvgIpc) is 2.60. The summed E-state index contributed by atoms with van der Waals surface area (Å²) >= 11 is 0. The van der Waals surface area contributed by atoms with Gasteiger partial charge < -0.3 is 14.2 Å². The van der Waals surface area contributed by atoms with Gasteiger partial charge in [-0.3, -0.25) is 4.79 Å². The summed E-state index contributed by atoms with van der Waals surface area (Å²) in [4.78, 5) is 11.4. The van der Waals surface area contributed by atoms with E-state index in [2.05, 4.69) is 0 Å². The van der Waals surface area contributed by atoms with Crippen LogP contribution in [0, 0.1) is 5.41 Å². The minimum atomic E-state index is -0.469. The lowest BCUT2D eigenvalue weighted by atomic mass is 9.97. The smallest absolute Gasteiger partial charge is 0.311 e. The molecule has 0 fully saturated rings. The molecule has 0 amide bonds. The molecule has 0 N–H and O–H groups in total. The standard InChI is InChI=1S/C11H18O4/c1-11(2,3)10(12)14-7-8-5-6-9(13-4)15-8/h5-6,8-9H,7H2,1-4H3/t8-,9-/m0/s1. The number of carbonyl (C=O) groups is 1. The molecule has 0 spiro atoms. The Morgan fingerprint density at radius 3 is 2.53 bits per heavy atom. The van der Waals surface area contributed by atoms with Gasteiger partial charge >= 0.3 is 5.97 Å². The molecule has 0 saturated carbocycles. The van der Waals surface area contributed by atoms with Crippen molar-refractivity contribution in [2.45, 2.75) is 33.2 Å². The second-order valence-electron chi connectivity index (χ2n) is 4.51. The number of esters is 1. The van der Waals surface area contributed by atoms with Crippen LogP contribution >= 0.6 is 0 Å². The van der Waals surface area contributed by atoms with Gasteiger partial charge in [0.2, 0.25) is 0 Å². The van der Waals surface area contributed by atoms with Crippen molar-refractivity contribution < 1.29 is 19.0 Å². The molecule has 1 aliphatic rings. The zero-order valence-electron chi connectivity index (χ0n) is 9.65. The minimum absolute atomic E-state index is 0.193. The Balaban J connectivity index is 2.28. The summed E-state index contributed by atoms with van der Waals surface area (Å²) in [6.45, 7) is 5.70. The fourth-order valence-electron chi connectivity index (χ4n) is 1.08. The number of rotatable bonds is 3. The molecule has 0 bridgehead atoms. The molecule has 0 saturated heterocycles. The van der Waals surface area contributed by atoms with E-state index >= 15 is 0 Å². The molecule has 0 aromatic carbocycles. The summed E-state index contributed by atoms with van der Waals surface area (Å²) in [5.74, 6) is -0.222. The van der Waals surface area contributed by atoms with Gasteiger partial charge in [0.15, 0.2) is 6.29 Å². The van der Waals surface area contributed by atoms with E-state index in [-0.39, 0.29) is 25.0 Å². The van der Waals surface area contributed by atoms with Gasteiger partial charge in [-0.2, -0.15) is 0 Å². The third-order valence-corrected chi connectivity index (χ3v) is 2.02. The van der Waals surface area contributed by atoms with E-state index in [1.165, 1.54) is 0 Å². The lowest BCUT2D eigenvalue weighted by Crippen LogP contribution is -2.27. The van der Waals surface area contributed by atoms with Crippen molar-refractivity contribution in [1.82, 2.24) is 0 Å². The predicted octanol–water partition coefficient (Wildman–Crippen LogP) is 1.50. The predicted molar refractivity (Wildman–Crippen MR) is 55.2 cm³/mol. The maximum absolute atomic E-state index is 11.4. The van der Waals surface area contributed by atoms with Crippen LogP contribution in [0.2, 0.25) is 0 Å². The number of carbonyl (C=O) groups excluding carboxylic acids is 1. The molecular formula is C11H18O4. The first kappa shape index (κ1) is 12.2. The second kappa shape index (κ2) is 4.77.